The summed E-state index contributed by atoms with van der Waals surface area (Å²) in [5.41, 5.74) is 3.19. The molecule has 0 amide bonds. The van der Waals surface area contributed by atoms with E-state index in [0.717, 1.165) is 5.69 Å². The molecule has 2 aromatic heterocycles. The van der Waals surface area contributed by atoms with E-state index in [1.54, 1.807) is 28.9 Å². The first-order chi connectivity index (χ1) is 11.7. The molecule has 1 aromatic carbocycles. The SMILES string of the molecule is CONC=Nc1nc2nccc([C@H](C)Oc3ccc(F)cc3)n2n1. The standard InChI is InChI=1S/C15H15FN6O2/c1-10(24-12-5-3-11(16)4-6-12)13-7-8-17-15-20-14(21-22(13)15)18-9-19-23-2/h3-10H,1-2H3,(H,18,19,21)/t10-/m0/s1. The molecule has 0 fully saturated rings. The molecule has 3 rings (SSSR count). The highest BCUT2D eigenvalue weighted by Gasteiger charge is 2.15. The first kappa shape index (κ1) is 15.8. The predicted molar refractivity (Wildman–Crippen MR) is 84.5 cm³/mol. The van der Waals surface area contributed by atoms with Gasteiger partial charge in [-0.25, -0.2) is 9.37 Å². The van der Waals surface area contributed by atoms with Gasteiger partial charge < -0.3 is 4.74 Å². The van der Waals surface area contributed by atoms with Gasteiger partial charge in [0.05, 0.1) is 12.8 Å². The summed E-state index contributed by atoms with van der Waals surface area (Å²) in [6.45, 7) is 1.86. The Morgan fingerprint density at radius 3 is 2.83 bits per heavy atom. The largest absolute Gasteiger partial charge is 0.484 e. The van der Waals surface area contributed by atoms with Crippen LogP contribution in [0.3, 0.4) is 0 Å². The van der Waals surface area contributed by atoms with Crippen LogP contribution in [0.4, 0.5) is 10.3 Å². The van der Waals surface area contributed by atoms with E-state index in [1.807, 2.05) is 6.92 Å². The van der Waals surface area contributed by atoms with Gasteiger partial charge in [-0.15, -0.1) is 5.10 Å². The Labute approximate surface area is 136 Å². The van der Waals surface area contributed by atoms with E-state index in [1.165, 1.54) is 25.6 Å². The highest BCUT2D eigenvalue weighted by Crippen LogP contribution is 2.22. The lowest BCUT2D eigenvalue weighted by Gasteiger charge is -2.15. The highest BCUT2D eigenvalue weighted by atomic mass is 19.1. The van der Waals surface area contributed by atoms with Gasteiger partial charge in [0, 0.05) is 6.20 Å². The van der Waals surface area contributed by atoms with Gasteiger partial charge in [-0.1, -0.05) is 0 Å². The molecule has 2 heterocycles. The Bertz CT molecular complexity index is 849. The number of hydrogen-bond donors (Lipinski definition) is 1. The summed E-state index contributed by atoms with van der Waals surface area (Å²) in [6, 6.07) is 7.59. The zero-order chi connectivity index (χ0) is 16.9. The smallest absolute Gasteiger partial charge is 0.272 e. The van der Waals surface area contributed by atoms with Crippen LogP contribution < -0.4 is 10.2 Å². The van der Waals surface area contributed by atoms with Gasteiger partial charge in [0.25, 0.3) is 11.7 Å². The molecule has 3 aromatic rings. The minimum absolute atomic E-state index is 0.230. The van der Waals surface area contributed by atoms with Crippen molar-refractivity contribution in [2.75, 3.05) is 7.11 Å². The van der Waals surface area contributed by atoms with E-state index >= 15 is 0 Å². The van der Waals surface area contributed by atoms with Crippen molar-refractivity contribution in [3.8, 4) is 5.75 Å². The van der Waals surface area contributed by atoms with E-state index in [2.05, 4.69) is 30.4 Å². The van der Waals surface area contributed by atoms with Crippen LogP contribution in [-0.2, 0) is 4.84 Å². The summed E-state index contributed by atoms with van der Waals surface area (Å²) < 4.78 is 20.3. The summed E-state index contributed by atoms with van der Waals surface area (Å²) in [5.74, 6) is 0.862. The van der Waals surface area contributed by atoms with E-state index in [4.69, 9.17) is 4.74 Å². The first-order valence-electron chi connectivity index (χ1n) is 7.12. The van der Waals surface area contributed by atoms with E-state index in [9.17, 15) is 4.39 Å². The molecule has 0 saturated heterocycles. The van der Waals surface area contributed by atoms with Gasteiger partial charge in [-0.05, 0) is 37.3 Å². The number of benzene rings is 1. The van der Waals surface area contributed by atoms with Crippen molar-refractivity contribution in [1.82, 2.24) is 25.1 Å². The number of rotatable bonds is 6. The second kappa shape index (κ2) is 7.01. The molecular formula is C15H15FN6O2. The van der Waals surface area contributed by atoms with Crippen molar-refractivity contribution in [3.05, 3.63) is 48.0 Å². The second-order valence-corrected chi connectivity index (χ2v) is 4.79. The lowest BCUT2D eigenvalue weighted by molar-refractivity contribution is 0.148. The third-order valence-electron chi connectivity index (χ3n) is 3.15. The zero-order valence-corrected chi connectivity index (χ0v) is 13.0. The Morgan fingerprint density at radius 1 is 1.29 bits per heavy atom. The Morgan fingerprint density at radius 2 is 2.08 bits per heavy atom. The maximum absolute atomic E-state index is 13.0. The fourth-order valence-electron chi connectivity index (χ4n) is 2.08. The molecule has 0 radical (unpaired) electrons. The Hall–Kier alpha value is -3.07. The molecule has 1 atom stereocenters. The summed E-state index contributed by atoms with van der Waals surface area (Å²) in [4.78, 5) is 17.0. The Kier molecular flexibility index (Phi) is 4.62. The first-order valence-corrected chi connectivity index (χ1v) is 7.12. The van der Waals surface area contributed by atoms with Gasteiger partial charge >= 0.3 is 0 Å². The summed E-state index contributed by atoms with van der Waals surface area (Å²) in [6.07, 6.45) is 2.59. The molecule has 9 heteroatoms. The molecular weight excluding hydrogens is 315 g/mol. The summed E-state index contributed by atoms with van der Waals surface area (Å²) >= 11 is 0. The van der Waals surface area contributed by atoms with Crippen LogP contribution in [0.2, 0.25) is 0 Å². The number of aromatic nitrogens is 4. The van der Waals surface area contributed by atoms with Gasteiger partial charge in [0.15, 0.2) is 0 Å². The predicted octanol–water partition coefficient (Wildman–Crippen LogP) is 2.21. The van der Waals surface area contributed by atoms with Gasteiger partial charge in [-0.2, -0.15) is 14.5 Å². The van der Waals surface area contributed by atoms with Crippen LogP contribution in [-0.4, -0.2) is 33.0 Å². The topological polar surface area (TPSA) is 85.9 Å². The molecule has 0 aliphatic carbocycles. The number of aliphatic imine (C=N–C) groups is 1. The average Bonchev–Trinajstić information content (AvgIpc) is 3.00. The van der Waals surface area contributed by atoms with Crippen molar-refractivity contribution in [1.29, 1.82) is 0 Å². The molecule has 24 heavy (non-hydrogen) atoms. The molecule has 1 N–H and O–H groups in total. The highest BCUT2D eigenvalue weighted by molar-refractivity contribution is 5.57. The zero-order valence-electron chi connectivity index (χ0n) is 13.0. The van der Waals surface area contributed by atoms with Gasteiger partial charge in [-0.3, -0.25) is 10.3 Å². The molecule has 0 aliphatic heterocycles. The molecule has 0 saturated carbocycles. The molecule has 8 nitrogen and oxygen atoms in total. The fourth-order valence-corrected chi connectivity index (χ4v) is 2.08. The third-order valence-corrected chi connectivity index (χ3v) is 3.15. The second-order valence-electron chi connectivity index (χ2n) is 4.79. The van der Waals surface area contributed by atoms with Crippen LogP contribution in [0, 0.1) is 5.82 Å². The normalized spacial score (nSPS) is 12.6. The van der Waals surface area contributed by atoms with E-state index in [0.29, 0.717) is 11.5 Å². The third kappa shape index (κ3) is 3.46. The number of nitrogens with zero attached hydrogens (tertiary/aromatic N) is 5. The van der Waals surface area contributed by atoms with E-state index in [-0.39, 0.29) is 17.9 Å². The van der Waals surface area contributed by atoms with Crippen molar-refractivity contribution in [2.45, 2.75) is 13.0 Å². The fraction of sp³-hybridized carbons (Fsp3) is 0.200. The number of fused-ring (bicyclic) bond motifs is 1. The number of halogens is 1. The number of hydrogen-bond acceptors (Lipinski definition) is 6. The van der Waals surface area contributed by atoms with Crippen LogP contribution in [0.5, 0.6) is 5.75 Å². The monoisotopic (exact) mass is 330 g/mol. The Balaban J connectivity index is 1.86. The van der Waals surface area contributed by atoms with E-state index < -0.39 is 0 Å². The minimum atomic E-state index is -0.350. The molecule has 0 unspecified atom stereocenters. The van der Waals surface area contributed by atoms with Gasteiger partial charge in [0.2, 0.25) is 0 Å². The van der Waals surface area contributed by atoms with Crippen molar-refractivity contribution < 1.29 is 14.0 Å². The number of ether oxygens (including phenoxy) is 1. The van der Waals surface area contributed by atoms with Crippen LogP contribution in [0.15, 0.2) is 41.5 Å². The van der Waals surface area contributed by atoms with Crippen molar-refractivity contribution in [3.63, 3.8) is 0 Å². The molecule has 124 valence electrons. The molecule has 0 bridgehead atoms. The average molecular weight is 330 g/mol. The lowest BCUT2D eigenvalue weighted by Crippen LogP contribution is -2.10. The van der Waals surface area contributed by atoms with Crippen LogP contribution >= 0.6 is 0 Å². The minimum Gasteiger partial charge on any atom is -0.484 e. The number of nitrogens with one attached hydrogen (secondary N) is 1. The maximum Gasteiger partial charge on any atom is 0.272 e. The lowest BCUT2D eigenvalue weighted by atomic mass is 10.2. The molecule has 0 spiro atoms. The summed E-state index contributed by atoms with van der Waals surface area (Å²) in [7, 11) is 1.47. The van der Waals surface area contributed by atoms with Crippen molar-refractivity contribution >= 4 is 18.1 Å². The van der Waals surface area contributed by atoms with Crippen molar-refractivity contribution in [2.24, 2.45) is 4.99 Å². The van der Waals surface area contributed by atoms with Crippen LogP contribution in [0.25, 0.3) is 5.78 Å². The van der Waals surface area contributed by atoms with Gasteiger partial charge in [0.1, 0.15) is 24.0 Å². The quantitative estimate of drug-likeness (QED) is 0.424. The number of hydroxylamine groups is 1. The van der Waals surface area contributed by atoms with Crippen LogP contribution in [0.1, 0.15) is 18.7 Å². The maximum atomic E-state index is 13.0. The molecule has 0 aliphatic rings. The summed E-state index contributed by atoms with van der Waals surface area (Å²) in [5, 5.41) is 4.27.